The van der Waals surface area contributed by atoms with E-state index in [0.29, 0.717) is 6.29 Å². The molecular formula is C17H25NO7. The first-order valence-electron chi connectivity index (χ1n) is 7.67. The zero-order valence-corrected chi connectivity index (χ0v) is 15.0. The molecule has 2 unspecified atom stereocenters. The van der Waals surface area contributed by atoms with Crippen LogP contribution >= 0.6 is 0 Å². The highest BCUT2D eigenvalue weighted by atomic mass is 16.6. The predicted octanol–water partition coefficient (Wildman–Crippen LogP) is 1.44. The molecule has 0 radical (unpaired) electrons. The monoisotopic (exact) mass is 355 g/mol. The lowest BCUT2D eigenvalue weighted by Crippen LogP contribution is -2.38. The van der Waals surface area contributed by atoms with Gasteiger partial charge in [0.2, 0.25) is 0 Å². The van der Waals surface area contributed by atoms with Gasteiger partial charge in [-0.25, -0.2) is 4.79 Å². The van der Waals surface area contributed by atoms with E-state index < -0.39 is 23.9 Å². The third kappa shape index (κ3) is 5.91. The number of amides is 1. The molecule has 1 aromatic carbocycles. The van der Waals surface area contributed by atoms with Crippen molar-refractivity contribution >= 4 is 12.4 Å². The summed E-state index contributed by atoms with van der Waals surface area (Å²) in [5, 5.41) is 22.9. The zero-order valence-electron chi connectivity index (χ0n) is 15.0. The van der Waals surface area contributed by atoms with Crippen LogP contribution in [-0.4, -0.2) is 55.1 Å². The molecule has 8 heteroatoms. The minimum Gasteiger partial charge on any atom is -0.496 e. The quantitative estimate of drug-likeness (QED) is 0.634. The number of rotatable bonds is 7. The minimum atomic E-state index is -1.38. The van der Waals surface area contributed by atoms with Gasteiger partial charge in [0.15, 0.2) is 6.29 Å². The van der Waals surface area contributed by atoms with Crippen LogP contribution < -0.4 is 14.8 Å². The van der Waals surface area contributed by atoms with Gasteiger partial charge >= 0.3 is 6.09 Å². The maximum Gasteiger partial charge on any atom is 0.407 e. The first-order valence-corrected chi connectivity index (χ1v) is 7.67. The van der Waals surface area contributed by atoms with Crippen LogP contribution in [0.4, 0.5) is 4.79 Å². The van der Waals surface area contributed by atoms with Crippen LogP contribution in [0.5, 0.6) is 11.5 Å². The number of aliphatic hydroxyl groups is 2. The Morgan fingerprint density at radius 3 is 2.28 bits per heavy atom. The fourth-order valence-electron chi connectivity index (χ4n) is 2.09. The Hall–Kier alpha value is -2.32. The lowest BCUT2D eigenvalue weighted by atomic mass is 10.0. The van der Waals surface area contributed by atoms with Crippen molar-refractivity contribution in [1.29, 1.82) is 0 Å². The van der Waals surface area contributed by atoms with E-state index in [9.17, 15) is 19.8 Å². The number of alkyl carbamates (subject to hydrolysis) is 1. The number of nitrogens with one attached hydrogen (secondary N) is 1. The highest BCUT2D eigenvalue weighted by molar-refractivity contribution is 5.80. The summed E-state index contributed by atoms with van der Waals surface area (Å²) in [6.45, 7) is 4.90. The standard InChI is InChI=1S/C17H25NO7/c1-17(2,3)25-16(22)18-8-12(20)15(21)11-7-13(23-4)10(9-19)6-14(11)24-5/h6-7,9,12,15,20-21H,8H2,1-5H3,(H,18,22). The van der Waals surface area contributed by atoms with Crippen molar-refractivity contribution in [2.75, 3.05) is 20.8 Å². The molecule has 140 valence electrons. The molecule has 25 heavy (non-hydrogen) atoms. The van der Waals surface area contributed by atoms with Gasteiger partial charge in [-0.3, -0.25) is 4.79 Å². The van der Waals surface area contributed by atoms with E-state index in [2.05, 4.69) is 5.32 Å². The molecule has 0 bridgehead atoms. The summed E-state index contributed by atoms with van der Waals surface area (Å²) in [6.07, 6.45) is -2.81. The lowest BCUT2D eigenvalue weighted by Gasteiger charge is -2.23. The zero-order chi connectivity index (χ0) is 19.2. The fraction of sp³-hybridized carbons (Fsp3) is 0.529. The molecular weight excluding hydrogens is 330 g/mol. The van der Waals surface area contributed by atoms with Gasteiger partial charge in [0, 0.05) is 12.1 Å². The van der Waals surface area contributed by atoms with Crippen molar-refractivity contribution in [3.63, 3.8) is 0 Å². The second kappa shape index (κ2) is 8.68. The molecule has 0 saturated heterocycles. The van der Waals surface area contributed by atoms with Gasteiger partial charge in [0.25, 0.3) is 0 Å². The van der Waals surface area contributed by atoms with Crippen LogP contribution in [0.25, 0.3) is 0 Å². The number of carbonyl (C=O) groups excluding carboxylic acids is 2. The maximum atomic E-state index is 11.6. The molecule has 1 amide bonds. The smallest absolute Gasteiger partial charge is 0.407 e. The summed E-state index contributed by atoms with van der Waals surface area (Å²) in [7, 11) is 2.75. The second-order valence-electron chi connectivity index (χ2n) is 6.35. The normalized spacial score (nSPS) is 13.6. The predicted molar refractivity (Wildman–Crippen MR) is 90.1 cm³/mol. The molecule has 0 aliphatic heterocycles. The number of methoxy groups -OCH3 is 2. The van der Waals surface area contributed by atoms with E-state index in [0.717, 1.165) is 0 Å². The second-order valence-corrected chi connectivity index (χ2v) is 6.35. The van der Waals surface area contributed by atoms with Crippen molar-refractivity contribution in [3.8, 4) is 11.5 Å². The van der Waals surface area contributed by atoms with Gasteiger partial charge in [-0.05, 0) is 32.9 Å². The molecule has 0 aliphatic carbocycles. The van der Waals surface area contributed by atoms with Gasteiger partial charge in [-0.1, -0.05) is 0 Å². The third-order valence-corrected chi connectivity index (χ3v) is 3.25. The van der Waals surface area contributed by atoms with Crippen LogP contribution in [0.15, 0.2) is 12.1 Å². The van der Waals surface area contributed by atoms with Gasteiger partial charge in [0.1, 0.15) is 29.3 Å². The van der Waals surface area contributed by atoms with Gasteiger partial charge in [-0.2, -0.15) is 0 Å². The Kier molecular flexibility index (Phi) is 7.20. The lowest BCUT2D eigenvalue weighted by molar-refractivity contribution is 0.0118. The summed E-state index contributed by atoms with van der Waals surface area (Å²) in [4.78, 5) is 22.7. The Bertz CT molecular complexity index is 610. The van der Waals surface area contributed by atoms with E-state index in [4.69, 9.17) is 14.2 Å². The van der Waals surface area contributed by atoms with Crippen molar-refractivity contribution < 1.29 is 34.0 Å². The molecule has 0 spiro atoms. The van der Waals surface area contributed by atoms with Crippen LogP contribution in [0.1, 0.15) is 42.8 Å². The van der Waals surface area contributed by atoms with Crippen molar-refractivity contribution in [2.24, 2.45) is 0 Å². The number of carbonyl (C=O) groups is 2. The average molecular weight is 355 g/mol. The molecule has 0 aliphatic rings. The summed E-state index contributed by atoms with van der Waals surface area (Å²) in [5.74, 6) is 0.448. The molecule has 1 rings (SSSR count). The Morgan fingerprint density at radius 2 is 1.80 bits per heavy atom. The Balaban J connectivity index is 2.89. The number of aliphatic hydroxyl groups excluding tert-OH is 2. The van der Waals surface area contributed by atoms with Gasteiger partial charge in [-0.15, -0.1) is 0 Å². The molecule has 8 nitrogen and oxygen atoms in total. The average Bonchev–Trinajstić information content (AvgIpc) is 2.56. The SMILES string of the molecule is COc1cc(C(O)C(O)CNC(=O)OC(C)(C)C)c(OC)cc1C=O. The van der Waals surface area contributed by atoms with Crippen molar-refractivity contribution in [2.45, 2.75) is 38.6 Å². The fourth-order valence-corrected chi connectivity index (χ4v) is 2.09. The van der Waals surface area contributed by atoms with Crippen molar-refractivity contribution in [3.05, 3.63) is 23.3 Å². The number of ether oxygens (including phenoxy) is 3. The third-order valence-electron chi connectivity index (χ3n) is 3.25. The maximum absolute atomic E-state index is 11.6. The summed E-state index contributed by atoms with van der Waals surface area (Å²) < 4.78 is 15.3. The number of benzene rings is 1. The molecule has 0 heterocycles. The summed E-state index contributed by atoms with van der Waals surface area (Å²) in [6, 6.07) is 2.81. The van der Waals surface area contributed by atoms with Gasteiger partial charge < -0.3 is 29.7 Å². The van der Waals surface area contributed by atoms with Crippen LogP contribution in [-0.2, 0) is 4.74 Å². The van der Waals surface area contributed by atoms with Crippen LogP contribution in [0.2, 0.25) is 0 Å². The number of aldehydes is 1. The first kappa shape index (κ1) is 20.7. The highest BCUT2D eigenvalue weighted by Gasteiger charge is 2.25. The van der Waals surface area contributed by atoms with Gasteiger partial charge in [0.05, 0.1) is 19.8 Å². The first-order chi connectivity index (χ1) is 11.6. The van der Waals surface area contributed by atoms with Crippen LogP contribution in [0.3, 0.4) is 0 Å². The minimum absolute atomic E-state index is 0.215. The Morgan fingerprint density at radius 1 is 1.20 bits per heavy atom. The van der Waals surface area contributed by atoms with E-state index in [1.165, 1.54) is 26.4 Å². The van der Waals surface area contributed by atoms with E-state index in [1.807, 2.05) is 0 Å². The molecule has 3 N–H and O–H groups in total. The topological polar surface area (TPSA) is 114 Å². The molecule has 1 aromatic rings. The van der Waals surface area contributed by atoms with E-state index in [1.54, 1.807) is 20.8 Å². The van der Waals surface area contributed by atoms with E-state index >= 15 is 0 Å². The summed E-state index contributed by atoms with van der Waals surface area (Å²) >= 11 is 0. The molecule has 0 fully saturated rings. The number of hydrogen-bond acceptors (Lipinski definition) is 7. The molecule has 0 aromatic heterocycles. The van der Waals surface area contributed by atoms with Crippen LogP contribution in [0, 0.1) is 0 Å². The largest absolute Gasteiger partial charge is 0.496 e. The van der Waals surface area contributed by atoms with E-state index in [-0.39, 0.29) is 29.2 Å². The Labute approximate surface area is 146 Å². The molecule has 0 saturated carbocycles. The highest BCUT2D eigenvalue weighted by Crippen LogP contribution is 2.33. The number of hydrogen-bond donors (Lipinski definition) is 3. The van der Waals surface area contributed by atoms with Crippen molar-refractivity contribution in [1.82, 2.24) is 5.32 Å². The summed E-state index contributed by atoms with van der Waals surface area (Å²) in [5.41, 5.74) is -0.199. The molecule has 2 atom stereocenters.